The molecule has 0 amide bonds. The van der Waals surface area contributed by atoms with Gasteiger partial charge in [0.05, 0.1) is 4.90 Å². The lowest BCUT2D eigenvalue weighted by Crippen LogP contribution is -2.03. The van der Waals surface area contributed by atoms with Crippen molar-refractivity contribution in [2.45, 2.75) is 76.5 Å². The van der Waals surface area contributed by atoms with Crippen LogP contribution in [-0.4, -0.2) is 13.0 Å². The monoisotopic (exact) mass is 326 g/mol. The number of hydrogen-bond acceptors (Lipinski definition) is 2. The molecule has 0 spiro atoms. The van der Waals surface area contributed by atoms with E-state index in [0.29, 0.717) is 6.42 Å². The van der Waals surface area contributed by atoms with Crippen LogP contribution in [0.4, 0.5) is 0 Å². The van der Waals surface area contributed by atoms with Gasteiger partial charge in [0.1, 0.15) is 0 Å². The van der Waals surface area contributed by atoms with Crippen molar-refractivity contribution in [3.8, 4) is 0 Å². The molecule has 0 aliphatic carbocycles. The molecule has 0 radical (unpaired) electrons. The van der Waals surface area contributed by atoms with Crippen molar-refractivity contribution < 1.29 is 13.0 Å². The van der Waals surface area contributed by atoms with Gasteiger partial charge in [-0.2, -0.15) is 8.42 Å². The largest absolute Gasteiger partial charge is 0.294 e. The third-order valence-electron chi connectivity index (χ3n) is 3.98. The molecular weight excluding hydrogens is 296 g/mol. The normalized spacial score (nSPS) is 12.0. The lowest BCUT2D eigenvalue weighted by Gasteiger charge is -2.07. The second kappa shape index (κ2) is 10.0. The van der Waals surface area contributed by atoms with E-state index in [1.165, 1.54) is 44.6 Å². The molecule has 0 aliphatic rings. The summed E-state index contributed by atoms with van der Waals surface area (Å²) in [7, 11) is -4.10. The minimum atomic E-state index is -4.10. The van der Waals surface area contributed by atoms with Crippen molar-refractivity contribution in [1.29, 1.82) is 0 Å². The highest BCUT2D eigenvalue weighted by Crippen LogP contribution is 2.18. The molecule has 4 heteroatoms. The van der Waals surface area contributed by atoms with Crippen LogP contribution in [-0.2, 0) is 16.5 Å². The van der Waals surface area contributed by atoms with Gasteiger partial charge in [-0.05, 0) is 30.4 Å². The van der Waals surface area contributed by atoms with Crippen molar-refractivity contribution in [3.63, 3.8) is 0 Å². The maximum atomic E-state index is 11.3. The fourth-order valence-electron chi connectivity index (χ4n) is 2.71. The second-order valence-corrected chi connectivity index (χ2v) is 7.88. The molecule has 0 saturated carbocycles. The van der Waals surface area contributed by atoms with Crippen molar-refractivity contribution in [2.75, 3.05) is 0 Å². The molecule has 1 rings (SSSR count). The van der Waals surface area contributed by atoms with Crippen LogP contribution in [0.2, 0.25) is 0 Å². The summed E-state index contributed by atoms with van der Waals surface area (Å²) in [6.45, 7) is 4.54. The van der Waals surface area contributed by atoms with E-state index in [-0.39, 0.29) is 4.90 Å². The van der Waals surface area contributed by atoms with Gasteiger partial charge in [0, 0.05) is 0 Å². The summed E-state index contributed by atoms with van der Waals surface area (Å²) >= 11 is 0. The molecule has 22 heavy (non-hydrogen) atoms. The first-order valence-corrected chi connectivity index (χ1v) is 9.90. The van der Waals surface area contributed by atoms with Gasteiger partial charge in [0.25, 0.3) is 10.1 Å². The smallest absolute Gasteiger partial charge is 0.282 e. The average molecular weight is 327 g/mol. The van der Waals surface area contributed by atoms with Crippen LogP contribution in [0.1, 0.15) is 70.8 Å². The van der Waals surface area contributed by atoms with Gasteiger partial charge in [-0.25, -0.2) is 0 Å². The van der Waals surface area contributed by atoms with Gasteiger partial charge >= 0.3 is 0 Å². The van der Waals surface area contributed by atoms with E-state index < -0.39 is 10.1 Å². The molecule has 0 aromatic heterocycles. The van der Waals surface area contributed by atoms with Gasteiger partial charge in [-0.15, -0.1) is 0 Å². The van der Waals surface area contributed by atoms with E-state index in [2.05, 4.69) is 13.8 Å². The predicted octanol–water partition coefficient (Wildman–Crippen LogP) is 5.25. The first-order valence-electron chi connectivity index (χ1n) is 8.46. The van der Waals surface area contributed by atoms with E-state index in [1.807, 2.05) is 6.07 Å². The number of rotatable bonds is 11. The summed E-state index contributed by atoms with van der Waals surface area (Å²) in [6, 6.07) is 6.72. The molecule has 0 fully saturated rings. The third kappa shape index (κ3) is 7.95. The molecule has 126 valence electrons. The average Bonchev–Trinajstić information content (AvgIpc) is 2.44. The number of unbranched alkanes of at least 4 members (excludes halogenated alkanes) is 6. The third-order valence-corrected chi connectivity index (χ3v) is 4.93. The van der Waals surface area contributed by atoms with Crippen LogP contribution >= 0.6 is 0 Å². The number of aryl methyl sites for hydroxylation is 1. The highest BCUT2D eigenvalue weighted by atomic mass is 32.2. The Balaban J connectivity index is 2.18. The van der Waals surface area contributed by atoms with Crippen molar-refractivity contribution in [2.24, 2.45) is 5.92 Å². The number of benzene rings is 1. The summed E-state index contributed by atoms with van der Waals surface area (Å²) in [5, 5.41) is 0. The van der Waals surface area contributed by atoms with Crippen molar-refractivity contribution in [3.05, 3.63) is 29.8 Å². The van der Waals surface area contributed by atoms with Gasteiger partial charge in [-0.1, -0.05) is 77.0 Å². The fraction of sp³-hybridized carbons (Fsp3) is 0.667. The minimum absolute atomic E-state index is 0.0590. The molecule has 1 N–H and O–H groups in total. The SMILES string of the molecule is CC(C)CCCCCCCCCc1ccccc1S(=O)(=O)O. The summed E-state index contributed by atoms with van der Waals surface area (Å²) in [6.07, 6.45) is 10.5. The van der Waals surface area contributed by atoms with Crippen molar-refractivity contribution in [1.82, 2.24) is 0 Å². The van der Waals surface area contributed by atoms with Gasteiger partial charge in [0.2, 0.25) is 0 Å². The van der Waals surface area contributed by atoms with Crippen molar-refractivity contribution >= 4 is 10.1 Å². The Morgan fingerprint density at radius 3 is 2.05 bits per heavy atom. The number of hydrogen-bond donors (Lipinski definition) is 1. The van der Waals surface area contributed by atoms with E-state index in [1.54, 1.807) is 12.1 Å². The maximum absolute atomic E-state index is 11.3. The molecule has 0 saturated heterocycles. The summed E-state index contributed by atoms with van der Waals surface area (Å²) in [5.41, 5.74) is 0.724. The zero-order chi connectivity index (χ0) is 16.4. The fourth-order valence-corrected chi connectivity index (χ4v) is 3.47. The Bertz CT molecular complexity index is 521. The Morgan fingerprint density at radius 2 is 1.45 bits per heavy atom. The van der Waals surface area contributed by atoms with Crippen LogP contribution < -0.4 is 0 Å². The van der Waals surface area contributed by atoms with Crippen LogP contribution in [0.25, 0.3) is 0 Å². The van der Waals surface area contributed by atoms with E-state index in [4.69, 9.17) is 0 Å². The van der Waals surface area contributed by atoms with Crippen LogP contribution in [0.15, 0.2) is 29.2 Å². The Kier molecular flexibility index (Phi) is 8.72. The lowest BCUT2D eigenvalue weighted by molar-refractivity contribution is 0.481. The molecule has 0 bridgehead atoms. The molecule has 3 nitrogen and oxygen atoms in total. The van der Waals surface area contributed by atoms with Crippen LogP contribution in [0.3, 0.4) is 0 Å². The zero-order valence-electron chi connectivity index (χ0n) is 13.9. The van der Waals surface area contributed by atoms with Gasteiger partial charge < -0.3 is 0 Å². The molecule has 0 aliphatic heterocycles. The molecule has 1 aromatic carbocycles. The molecule has 0 atom stereocenters. The molecule has 0 heterocycles. The van der Waals surface area contributed by atoms with E-state index >= 15 is 0 Å². The highest BCUT2D eigenvalue weighted by Gasteiger charge is 2.13. The Morgan fingerprint density at radius 1 is 0.909 bits per heavy atom. The quantitative estimate of drug-likeness (QED) is 0.446. The van der Waals surface area contributed by atoms with Gasteiger partial charge in [-0.3, -0.25) is 4.55 Å². The summed E-state index contributed by atoms with van der Waals surface area (Å²) in [4.78, 5) is 0.0590. The van der Waals surface area contributed by atoms with Gasteiger partial charge in [0.15, 0.2) is 0 Å². The topological polar surface area (TPSA) is 54.4 Å². The molecule has 0 unspecified atom stereocenters. The zero-order valence-corrected chi connectivity index (χ0v) is 14.7. The first kappa shape index (κ1) is 19.2. The molecule has 1 aromatic rings. The lowest BCUT2D eigenvalue weighted by atomic mass is 10.0. The second-order valence-electron chi connectivity index (χ2n) is 6.49. The standard InChI is InChI=1S/C18H30O3S/c1-16(2)12-8-6-4-3-5-7-9-13-17-14-10-11-15-18(17)22(19,20)21/h10-11,14-16H,3-9,12-13H2,1-2H3,(H,19,20,21). The highest BCUT2D eigenvalue weighted by molar-refractivity contribution is 7.85. The Labute approximate surface area is 135 Å². The van der Waals surface area contributed by atoms with E-state index in [0.717, 1.165) is 24.3 Å². The minimum Gasteiger partial charge on any atom is -0.282 e. The maximum Gasteiger partial charge on any atom is 0.294 e. The Hall–Kier alpha value is -0.870. The van der Waals surface area contributed by atoms with E-state index in [9.17, 15) is 13.0 Å². The van der Waals surface area contributed by atoms with Crippen LogP contribution in [0.5, 0.6) is 0 Å². The van der Waals surface area contributed by atoms with Crippen LogP contribution in [0, 0.1) is 5.92 Å². The molecular formula is C18H30O3S. The predicted molar refractivity (Wildman–Crippen MR) is 91.7 cm³/mol. The summed E-state index contributed by atoms with van der Waals surface area (Å²) < 4.78 is 31.8. The first-order chi connectivity index (χ1) is 10.4. The summed E-state index contributed by atoms with van der Waals surface area (Å²) in [5.74, 6) is 0.808.